The van der Waals surface area contributed by atoms with Crippen LogP contribution in [0.25, 0.3) is 0 Å². The Kier molecular flexibility index (Phi) is 2.14. The molecule has 4 heteroatoms. The Morgan fingerprint density at radius 2 is 2.20 bits per heavy atom. The molecule has 0 atom stereocenters. The standard InChI is InChI=1S/C11H14N2O2/c1-11(2)6-8-3-4-9(13(14)15)5-10(8)12-7-11/h3-5,12H,6-7H2,1-2H3. The van der Waals surface area contributed by atoms with E-state index in [1.807, 2.05) is 6.07 Å². The van der Waals surface area contributed by atoms with Crippen LogP contribution in [0.1, 0.15) is 19.4 Å². The molecule has 1 aliphatic rings. The lowest BCUT2D eigenvalue weighted by molar-refractivity contribution is -0.384. The van der Waals surface area contributed by atoms with Crippen molar-refractivity contribution < 1.29 is 4.92 Å². The molecular formula is C11H14N2O2. The molecule has 1 aromatic rings. The number of nitro benzene ring substituents is 1. The van der Waals surface area contributed by atoms with Gasteiger partial charge < -0.3 is 5.32 Å². The molecule has 0 saturated heterocycles. The molecule has 0 saturated carbocycles. The summed E-state index contributed by atoms with van der Waals surface area (Å²) in [6.07, 6.45) is 0.966. The molecule has 1 aliphatic heterocycles. The third-order valence-corrected chi connectivity index (χ3v) is 2.73. The zero-order valence-electron chi connectivity index (χ0n) is 8.91. The Morgan fingerprint density at radius 1 is 1.47 bits per heavy atom. The maximum atomic E-state index is 10.6. The summed E-state index contributed by atoms with van der Waals surface area (Å²) in [5, 5.41) is 13.8. The van der Waals surface area contributed by atoms with Crippen LogP contribution < -0.4 is 5.32 Å². The number of benzene rings is 1. The second-order valence-corrected chi connectivity index (χ2v) is 4.79. The van der Waals surface area contributed by atoms with E-state index in [-0.39, 0.29) is 16.0 Å². The average Bonchev–Trinajstić information content (AvgIpc) is 2.15. The summed E-state index contributed by atoms with van der Waals surface area (Å²) in [7, 11) is 0. The number of non-ortho nitro benzene ring substituents is 1. The molecule has 15 heavy (non-hydrogen) atoms. The van der Waals surface area contributed by atoms with Crippen LogP contribution in [0.5, 0.6) is 0 Å². The monoisotopic (exact) mass is 206 g/mol. The molecule has 0 aromatic heterocycles. The molecule has 1 aromatic carbocycles. The van der Waals surface area contributed by atoms with Gasteiger partial charge in [0, 0.05) is 24.4 Å². The van der Waals surface area contributed by atoms with Gasteiger partial charge in [0.1, 0.15) is 0 Å². The van der Waals surface area contributed by atoms with Crippen LogP contribution in [0.4, 0.5) is 11.4 Å². The Balaban J connectivity index is 2.36. The Labute approximate surface area is 88.5 Å². The number of fused-ring (bicyclic) bond motifs is 1. The smallest absolute Gasteiger partial charge is 0.271 e. The Bertz CT molecular complexity index is 413. The summed E-state index contributed by atoms with van der Waals surface area (Å²) in [6.45, 7) is 5.23. The van der Waals surface area contributed by atoms with Crippen LogP contribution in [0.15, 0.2) is 18.2 Å². The topological polar surface area (TPSA) is 55.2 Å². The first-order valence-electron chi connectivity index (χ1n) is 4.99. The quantitative estimate of drug-likeness (QED) is 0.567. The molecule has 0 spiro atoms. The van der Waals surface area contributed by atoms with Crippen molar-refractivity contribution in [2.45, 2.75) is 20.3 Å². The fourth-order valence-electron chi connectivity index (χ4n) is 1.91. The Hall–Kier alpha value is -1.58. The number of hydrogen-bond donors (Lipinski definition) is 1. The van der Waals surface area contributed by atoms with Gasteiger partial charge in [-0.05, 0) is 17.4 Å². The van der Waals surface area contributed by atoms with E-state index in [9.17, 15) is 10.1 Å². The van der Waals surface area contributed by atoms with Crippen molar-refractivity contribution in [2.24, 2.45) is 5.41 Å². The Morgan fingerprint density at radius 3 is 2.87 bits per heavy atom. The van der Waals surface area contributed by atoms with Gasteiger partial charge in [0.25, 0.3) is 5.69 Å². The van der Waals surface area contributed by atoms with Crippen molar-refractivity contribution in [3.8, 4) is 0 Å². The van der Waals surface area contributed by atoms with E-state index in [2.05, 4.69) is 19.2 Å². The summed E-state index contributed by atoms with van der Waals surface area (Å²) in [5.74, 6) is 0. The minimum Gasteiger partial charge on any atom is -0.384 e. The van der Waals surface area contributed by atoms with Gasteiger partial charge in [-0.15, -0.1) is 0 Å². The normalized spacial score (nSPS) is 17.7. The van der Waals surface area contributed by atoms with Crippen molar-refractivity contribution in [1.29, 1.82) is 0 Å². The number of hydrogen-bond acceptors (Lipinski definition) is 3. The van der Waals surface area contributed by atoms with Gasteiger partial charge in [-0.3, -0.25) is 10.1 Å². The summed E-state index contributed by atoms with van der Waals surface area (Å²) in [6, 6.07) is 5.04. The molecular weight excluding hydrogens is 192 g/mol. The molecule has 0 amide bonds. The highest BCUT2D eigenvalue weighted by atomic mass is 16.6. The number of nitrogens with zero attached hydrogens (tertiary/aromatic N) is 1. The molecule has 0 radical (unpaired) electrons. The molecule has 4 nitrogen and oxygen atoms in total. The first kappa shape index (κ1) is 9.96. The van der Waals surface area contributed by atoms with Crippen molar-refractivity contribution in [3.05, 3.63) is 33.9 Å². The van der Waals surface area contributed by atoms with Gasteiger partial charge in [0.2, 0.25) is 0 Å². The maximum absolute atomic E-state index is 10.6. The molecule has 1 N–H and O–H groups in total. The van der Waals surface area contributed by atoms with Gasteiger partial charge in [-0.1, -0.05) is 19.9 Å². The number of nitro groups is 1. The van der Waals surface area contributed by atoms with Crippen molar-refractivity contribution >= 4 is 11.4 Å². The molecule has 2 rings (SSSR count). The third kappa shape index (κ3) is 1.93. The van der Waals surface area contributed by atoms with Crippen LogP contribution >= 0.6 is 0 Å². The molecule has 0 aliphatic carbocycles. The predicted octanol–water partition coefficient (Wildman–Crippen LogP) is 2.59. The predicted molar refractivity (Wildman–Crippen MR) is 59.1 cm³/mol. The molecule has 0 unspecified atom stereocenters. The summed E-state index contributed by atoms with van der Waals surface area (Å²) in [5.41, 5.74) is 2.45. The number of nitrogens with one attached hydrogen (secondary N) is 1. The highest BCUT2D eigenvalue weighted by Crippen LogP contribution is 2.33. The minimum atomic E-state index is -0.359. The first-order chi connectivity index (χ1) is 6.98. The van der Waals surface area contributed by atoms with Crippen LogP contribution in [-0.4, -0.2) is 11.5 Å². The van der Waals surface area contributed by atoms with E-state index in [4.69, 9.17) is 0 Å². The van der Waals surface area contributed by atoms with E-state index in [0.29, 0.717) is 0 Å². The molecule has 0 bridgehead atoms. The number of anilines is 1. The van der Waals surface area contributed by atoms with Gasteiger partial charge in [0.05, 0.1) is 4.92 Å². The highest BCUT2D eigenvalue weighted by Gasteiger charge is 2.25. The molecule has 1 heterocycles. The zero-order valence-corrected chi connectivity index (χ0v) is 8.91. The number of rotatable bonds is 1. The second kappa shape index (κ2) is 3.22. The minimum absolute atomic E-state index is 0.154. The third-order valence-electron chi connectivity index (χ3n) is 2.73. The first-order valence-corrected chi connectivity index (χ1v) is 4.99. The fourth-order valence-corrected chi connectivity index (χ4v) is 1.91. The van der Waals surface area contributed by atoms with E-state index in [0.717, 1.165) is 24.2 Å². The second-order valence-electron chi connectivity index (χ2n) is 4.79. The van der Waals surface area contributed by atoms with Crippen molar-refractivity contribution in [2.75, 3.05) is 11.9 Å². The van der Waals surface area contributed by atoms with Crippen LogP contribution in [0, 0.1) is 15.5 Å². The highest BCUT2D eigenvalue weighted by molar-refractivity contribution is 5.59. The molecule has 80 valence electrons. The summed E-state index contributed by atoms with van der Waals surface area (Å²) in [4.78, 5) is 10.2. The maximum Gasteiger partial charge on any atom is 0.271 e. The van der Waals surface area contributed by atoms with Crippen molar-refractivity contribution in [1.82, 2.24) is 0 Å². The largest absolute Gasteiger partial charge is 0.384 e. The SMILES string of the molecule is CC1(C)CNc2cc([N+](=O)[O-])ccc2C1. The fraction of sp³-hybridized carbons (Fsp3) is 0.455. The average molecular weight is 206 g/mol. The van der Waals surface area contributed by atoms with Gasteiger partial charge in [-0.2, -0.15) is 0 Å². The van der Waals surface area contributed by atoms with Crippen LogP contribution in [0.2, 0.25) is 0 Å². The molecule has 0 fully saturated rings. The van der Waals surface area contributed by atoms with Gasteiger partial charge >= 0.3 is 0 Å². The zero-order chi connectivity index (χ0) is 11.1. The van der Waals surface area contributed by atoms with Crippen LogP contribution in [0.3, 0.4) is 0 Å². The lowest BCUT2D eigenvalue weighted by Crippen LogP contribution is -2.30. The summed E-state index contributed by atoms with van der Waals surface area (Å²) < 4.78 is 0. The van der Waals surface area contributed by atoms with Crippen molar-refractivity contribution in [3.63, 3.8) is 0 Å². The van der Waals surface area contributed by atoms with Gasteiger partial charge in [-0.25, -0.2) is 0 Å². The van der Waals surface area contributed by atoms with Crippen LogP contribution in [-0.2, 0) is 6.42 Å². The van der Waals surface area contributed by atoms with E-state index in [1.54, 1.807) is 12.1 Å². The van der Waals surface area contributed by atoms with E-state index >= 15 is 0 Å². The lowest BCUT2D eigenvalue weighted by Gasteiger charge is -2.32. The lowest BCUT2D eigenvalue weighted by atomic mass is 9.82. The summed E-state index contributed by atoms with van der Waals surface area (Å²) >= 11 is 0. The van der Waals surface area contributed by atoms with E-state index in [1.165, 1.54) is 0 Å². The van der Waals surface area contributed by atoms with Gasteiger partial charge in [0.15, 0.2) is 0 Å². The van der Waals surface area contributed by atoms with E-state index < -0.39 is 0 Å².